The van der Waals surface area contributed by atoms with Gasteiger partial charge in [-0.3, -0.25) is 48.6 Å². The molecule has 0 saturated carbocycles. The Kier molecular flexibility index (Phi) is 17.5. The molecule has 6 aromatic carbocycles. The van der Waals surface area contributed by atoms with Crippen molar-refractivity contribution in [3.8, 4) is 69.6 Å². The Morgan fingerprint density at radius 3 is 1.38 bits per heavy atom. The first kappa shape index (κ1) is 69.4. The van der Waals surface area contributed by atoms with Gasteiger partial charge in [-0.15, -0.1) is 0 Å². The van der Waals surface area contributed by atoms with Crippen LogP contribution in [0.3, 0.4) is 0 Å². The van der Waals surface area contributed by atoms with Crippen molar-refractivity contribution >= 4 is 43.6 Å². The quantitative estimate of drug-likeness (QED) is 0.0782. The first-order chi connectivity index (χ1) is 48.6. The van der Waals surface area contributed by atoms with Crippen molar-refractivity contribution in [2.75, 3.05) is 87.7 Å². The lowest BCUT2D eigenvalue weighted by Gasteiger charge is -2.60. The highest BCUT2D eigenvalue weighted by Crippen LogP contribution is 2.62. The van der Waals surface area contributed by atoms with Crippen LogP contribution in [0.4, 0.5) is 0 Å². The molecule has 10 aliphatic heterocycles. The maximum absolute atomic E-state index is 13.8. The van der Waals surface area contributed by atoms with Crippen LogP contribution in [0.1, 0.15) is 132 Å². The molecule has 4 amide bonds. The van der Waals surface area contributed by atoms with Crippen LogP contribution in [0.15, 0.2) is 60.7 Å². The number of nitriles is 2. The third kappa shape index (κ3) is 10.9. The van der Waals surface area contributed by atoms with Crippen LogP contribution >= 0.6 is 0 Å². The van der Waals surface area contributed by atoms with Gasteiger partial charge in [-0.2, -0.15) is 18.9 Å². The molecule has 4 bridgehead atoms. The Morgan fingerprint density at radius 2 is 0.941 bits per heavy atom. The van der Waals surface area contributed by atoms with Crippen molar-refractivity contribution in [3.63, 3.8) is 0 Å². The molecular formula is C73H76N8O19S2. The summed E-state index contributed by atoms with van der Waals surface area (Å²) < 4.78 is 97.3. The molecular weight excluding hydrogens is 1360 g/mol. The number of sulfone groups is 1. The average Bonchev–Trinajstić information content (AvgIpc) is 0.832. The first-order valence-corrected chi connectivity index (χ1v) is 37.2. The summed E-state index contributed by atoms with van der Waals surface area (Å²) in [6.07, 6.45) is 4.83. The monoisotopic (exact) mass is 1430 g/mol. The second-order valence-electron chi connectivity index (χ2n) is 27.5. The number of carbonyl (C=O) groups is 4. The zero-order chi connectivity index (χ0) is 72.8. The average molecular weight is 1430 g/mol. The molecule has 0 spiro atoms. The van der Waals surface area contributed by atoms with Gasteiger partial charge in [-0.05, 0) is 114 Å². The topological polar surface area (TPSA) is 327 Å². The summed E-state index contributed by atoms with van der Waals surface area (Å²) in [5.74, 6) is 1.52. The Balaban J connectivity index is 0.000000162. The van der Waals surface area contributed by atoms with Crippen molar-refractivity contribution in [1.82, 2.24) is 29.4 Å². The molecule has 10 atom stereocenters. The molecule has 0 aromatic heterocycles. The first-order valence-electron chi connectivity index (χ1n) is 33.1. The summed E-state index contributed by atoms with van der Waals surface area (Å²) >= 11 is 0. The van der Waals surface area contributed by atoms with E-state index < -0.39 is 79.8 Å². The van der Waals surface area contributed by atoms with E-state index in [1.807, 2.05) is 38.9 Å². The molecule has 0 unspecified atom stereocenters. The smallest absolute Gasteiger partial charge is 0.306 e. The zero-order valence-corrected chi connectivity index (χ0v) is 59.8. The van der Waals surface area contributed by atoms with Crippen molar-refractivity contribution in [2.45, 2.75) is 114 Å². The molecule has 10 heterocycles. The predicted octanol–water partition coefficient (Wildman–Crippen LogP) is 6.61. The number of benzene rings is 6. The molecule has 29 heteroatoms. The van der Waals surface area contributed by atoms with E-state index in [0.29, 0.717) is 110 Å². The third-order valence-corrected chi connectivity index (χ3v) is 22.0. The van der Waals surface area contributed by atoms with Crippen LogP contribution in [0.2, 0.25) is 0 Å². The molecule has 6 aromatic rings. The Labute approximate surface area is 589 Å². The lowest BCUT2D eigenvalue weighted by molar-refractivity contribution is -0.0766. The maximum Gasteiger partial charge on any atom is 0.306 e. The highest BCUT2D eigenvalue weighted by Gasteiger charge is 2.60. The van der Waals surface area contributed by atoms with Crippen molar-refractivity contribution in [2.24, 2.45) is 0 Å². The number of fused-ring (bicyclic) bond motifs is 20. The van der Waals surface area contributed by atoms with Crippen LogP contribution in [-0.2, 0) is 50.4 Å². The van der Waals surface area contributed by atoms with Crippen LogP contribution < -0.4 is 37.3 Å². The number of hydrogen-bond acceptors (Lipinski definition) is 25. The van der Waals surface area contributed by atoms with Crippen LogP contribution in [0, 0.1) is 50.4 Å². The Bertz CT molecular complexity index is 4860. The number of carbonyl (C=O) groups excluding carboxylic acids is 4. The van der Waals surface area contributed by atoms with E-state index in [-0.39, 0.29) is 92.4 Å². The van der Waals surface area contributed by atoms with Gasteiger partial charge in [0.05, 0.1) is 79.0 Å². The normalized spacial score (nSPS) is 24.6. The largest absolute Gasteiger partial charge is 0.507 e. The highest BCUT2D eigenvalue weighted by molar-refractivity contribution is 7.89. The van der Waals surface area contributed by atoms with Crippen LogP contribution in [-0.4, -0.2) is 204 Å². The van der Waals surface area contributed by atoms with E-state index in [4.69, 9.17) is 42.1 Å². The maximum atomic E-state index is 13.8. The number of nitrogens with zero attached hydrogens (tertiary/aromatic N) is 8. The van der Waals surface area contributed by atoms with Crippen molar-refractivity contribution < 1.29 is 88.3 Å². The highest BCUT2D eigenvalue weighted by atomic mass is 32.2. The minimum atomic E-state index is -4.03. The minimum absolute atomic E-state index is 0.000305. The summed E-state index contributed by atoms with van der Waals surface area (Å²) in [5.41, 5.74) is 9.71. The number of piperazine rings is 2. The number of phenolic OH excluding ortho intramolecular Hbond substituents is 2. The number of likely N-dealkylation sites (N-methyl/N-ethyl adjacent to an activating group) is 2. The molecule has 2 saturated heterocycles. The summed E-state index contributed by atoms with van der Waals surface area (Å²) in [7, 11) is 1.91. The van der Waals surface area contributed by atoms with Crippen molar-refractivity contribution in [3.05, 3.63) is 150 Å². The molecule has 2 fully saturated rings. The number of imide groups is 2. The van der Waals surface area contributed by atoms with Gasteiger partial charge in [0, 0.05) is 101 Å². The molecule has 27 nitrogen and oxygen atoms in total. The Hall–Kier alpha value is -9.72. The number of aromatic hydroxyl groups is 2. The van der Waals surface area contributed by atoms with E-state index in [1.165, 1.54) is 16.9 Å². The van der Waals surface area contributed by atoms with Gasteiger partial charge in [0.2, 0.25) is 13.6 Å². The standard InChI is InChI=1S/C36H36N4O8.C35H34N4O9S.C2H6O2S/c1-17-10-19-11-23-25(13-37)40-24(29(38(23)3)27(19)33(31(17)45-5)46-15-44-4)12-22-28(34-32(47-16-48-34)18(2)30(22)41)26(40)14-39-35(42)20-8-6-7-9-21(20)36(39)43;1-16-10-18-11-22-24(13-36)39-23(28(37(22)3)26(18)29(40)30(16)45-4)12-21-27(33-32(46-15-47-33)17(2)31(21)48-49(5,43)44)25(39)14-38-34(41)19-8-6-7-9-20(19)35(38)42;1-5(2,3)4/h6-10,23-26,29,41H,11-12,14-16H2,1-5H3;6-10,22-25,28,40H,11-12,14-15H2,1-5H3;1-2H3/t23-,24-,25-,26-,29-;22-,23-,24-,25-,28-;/m00./s1. The van der Waals surface area contributed by atoms with Gasteiger partial charge in [-0.1, -0.05) is 36.4 Å². The number of phenols is 2. The van der Waals surface area contributed by atoms with Crippen LogP contribution in [0.5, 0.6) is 57.5 Å². The zero-order valence-electron chi connectivity index (χ0n) is 58.1. The fraction of sp³-hybridized carbons (Fsp3) is 0.425. The third-order valence-electron chi connectivity index (χ3n) is 21.6. The second-order valence-corrected chi connectivity index (χ2v) is 31.4. The number of rotatable bonds is 11. The lowest BCUT2D eigenvalue weighted by Crippen LogP contribution is -2.69. The van der Waals surface area contributed by atoms with E-state index in [9.17, 15) is 56.8 Å². The fourth-order valence-electron chi connectivity index (χ4n) is 17.7. The van der Waals surface area contributed by atoms with E-state index >= 15 is 0 Å². The predicted molar refractivity (Wildman–Crippen MR) is 365 cm³/mol. The molecule has 2 N–H and O–H groups in total. The summed E-state index contributed by atoms with van der Waals surface area (Å²) in [5, 5.41) is 45.4. The second kappa shape index (κ2) is 25.7. The van der Waals surface area contributed by atoms with Gasteiger partial charge in [-0.25, -0.2) is 8.42 Å². The summed E-state index contributed by atoms with van der Waals surface area (Å²) in [6, 6.07) is 17.4. The summed E-state index contributed by atoms with van der Waals surface area (Å²) in [6.45, 7) is 6.94. The van der Waals surface area contributed by atoms with E-state index in [0.717, 1.165) is 46.6 Å². The molecule has 16 rings (SSSR count). The lowest BCUT2D eigenvalue weighted by atomic mass is 9.71. The molecule has 534 valence electrons. The van der Waals surface area contributed by atoms with Crippen LogP contribution in [0.25, 0.3) is 0 Å². The van der Waals surface area contributed by atoms with E-state index in [1.54, 1.807) is 76.6 Å². The minimum Gasteiger partial charge on any atom is -0.507 e. The number of amides is 4. The van der Waals surface area contributed by atoms with E-state index in [2.05, 4.69) is 32.9 Å². The number of methoxy groups -OCH3 is 3. The van der Waals surface area contributed by atoms with Gasteiger partial charge in [0.1, 0.15) is 27.7 Å². The SMILES string of the molecule is COCOc1c(OC)c(C)cc2c1[C@@H]1[C@@H]3Cc4c(O)c(C)c5c(c4[C@H](CN4C(=O)c6ccccc6C4=O)N3[C@@H](C#N)[C@H](C2)N1C)OCO5.COc1c(C)cc2c(c1O)[C@@H]1[C@@H]3Cc4c(OS(C)(=O)=O)c(C)c5c(c4[C@H](CN4C(=O)c6ccccc6C4=O)N3[C@@H](C#N)[C@H](C2)N1C)OCO5.CS(C)(=O)=O. The molecule has 0 aliphatic carbocycles. The Morgan fingerprint density at radius 1 is 0.529 bits per heavy atom. The number of ether oxygens (including phenoxy) is 8. The molecule has 102 heavy (non-hydrogen) atoms. The number of aryl methyl sites for hydroxylation is 2. The fourth-order valence-corrected chi connectivity index (χ4v) is 18.2. The molecule has 10 aliphatic rings. The van der Waals surface area contributed by atoms with Crippen molar-refractivity contribution in [1.29, 1.82) is 10.5 Å². The molecule has 0 radical (unpaired) electrons. The number of hydrogen-bond donors (Lipinski definition) is 2. The summed E-state index contributed by atoms with van der Waals surface area (Å²) in [4.78, 5) is 66.1. The van der Waals surface area contributed by atoms with Gasteiger partial charge < -0.3 is 52.3 Å². The van der Waals surface area contributed by atoms with Gasteiger partial charge in [0.15, 0.2) is 58.5 Å². The van der Waals surface area contributed by atoms with Gasteiger partial charge >= 0.3 is 10.1 Å². The van der Waals surface area contributed by atoms with Gasteiger partial charge in [0.25, 0.3) is 23.6 Å².